The van der Waals surface area contributed by atoms with Crippen LogP contribution < -0.4 is 0 Å². The maximum absolute atomic E-state index is 12.8. The molecule has 4 nitrogen and oxygen atoms in total. The van der Waals surface area contributed by atoms with Crippen LogP contribution in [-0.2, 0) is 11.2 Å². The zero-order valence-corrected chi connectivity index (χ0v) is 15.7. The first-order valence-electron chi connectivity index (χ1n) is 8.05. The fourth-order valence-corrected chi connectivity index (χ4v) is 4.36. The minimum atomic E-state index is -0.261. The largest absolute Gasteiger partial charge is 0.335 e. The molecule has 1 aromatic carbocycles. The summed E-state index contributed by atoms with van der Waals surface area (Å²) in [4.78, 5) is 30.1. The quantitative estimate of drug-likeness (QED) is 0.621. The van der Waals surface area contributed by atoms with Crippen molar-refractivity contribution in [1.29, 1.82) is 0 Å². The van der Waals surface area contributed by atoms with E-state index in [0.29, 0.717) is 25.0 Å². The van der Waals surface area contributed by atoms with Crippen molar-refractivity contribution in [3.8, 4) is 10.4 Å². The lowest BCUT2D eigenvalue weighted by Gasteiger charge is -2.24. The van der Waals surface area contributed by atoms with E-state index < -0.39 is 0 Å². The van der Waals surface area contributed by atoms with Gasteiger partial charge in [0.2, 0.25) is 0 Å². The van der Waals surface area contributed by atoms with E-state index in [-0.39, 0.29) is 17.6 Å². The lowest BCUT2D eigenvalue weighted by atomic mass is 9.97. The Morgan fingerprint density at radius 2 is 2.08 bits per heavy atom. The molecule has 0 spiro atoms. The highest BCUT2D eigenvalue weighted by atomic mass is 79.9. The van der Waals surface area contributed by atoms with E-state index in [9.17, 15) is 9.59 Å². The van der Waals surface area contributed by atoms with Crippen LogP contribution in [-0.4, -0.2) is 21.1 Å². The van der Waals surface area contributed by atoms with Gasteiger partial charge in [-0.05, 0) is 36.2 Å². The number of aromatic nitrogens is 2. The third kappa shape index (κ3) is 3.24. The normalized spacial score (nSPS) is 16.7. The Hall–Kier alpha value is -2.05. The summed E-state index contributed by atoms with van der Waals surface area (Å²) < 4.78 is 2.85. The van der Waals surface area contributed by atoms with Gasteiger partial charge in [0, 0.05) is 23.3 Å². The number of hydrogen-bond acceptors (Lipinski definition) is 4. The highest BCUT2D eigenvalue weighted by Crippen LogP contribution is 2.30. The zero-order chi connectivity index (χ0) is 17.4. The molecule has 0 N–H and O–H groups in total. The number of nitrogens with zero attached hydrogens (tertiary/aromatic N) is 2. The van der Waals surface area contributed by atoms with Crippen LogP contribution in [0.15, 0.2) is 53.3 Å². The van der Waals surface area contributed by atoms with Crippen LogP contribution >= 0.6 is 27.3 Å². The Morgan fingerprint density at radius 1 is 1.28 bits per heavy atom. The standard InChI is InChI=1S/C19H15BrN2O2S/c20-13-5-3-12(4-6-13)18-11-21-19(25-18)10-17(24)15-7-8-16(23)14-2-1-9-22(14)15/h1-6,9,11,15H,7-8,10H2. The summed E-state index contributed by atoms with van der Waals surface area (Å²) in [6.45, 7) is 0. The van der Waals surface area contributed by atoms with Gasteiger partial charge in [-0.25, -0.2) is 4.98 Å². The van der Waals surface area contributed by atoms with Crippen LogP contribution in [0.25, 0.3) is 10.4 Å². The van der Waals surface area contributed by atoms with Gasteiger partial charge in [0.25, 0.3) is 0 Å². The Balaban J connectivity index is 1.52. The van der Waals surface area contributed by atoms with Crippen molar-refractivity contribution in [3.05, 3.63) is 64.0 Å². The molecule has 1 unspecified atom stereocenters. The second-order valence-electron chi connectivity index (χ2n) is 6.05. The average Bonchev–Trinajstić information content (AvgIpc) is 3.26. The molecular weight excluding hydrogens is 400 g/mol. The molecule has 2 aromatic heterocycles. The monoisotopic (exact) mass is 414 g/mol. The average molecular weight is 415 g/mol. The molecule has 1 aliphatic heterocycles. The molecule has 0 bridgehead atoms. The third-order valence-electron chi connectivity index (χ3n) is 4.42. The second kappa shape index (κ2) is 6.69. The van der Waals surface area contributed by atoms with Crippen LogP contribution in [0.5, 0.6) is 0 Å². The first kappa shape index (κ1) is 16.4. The number of Topliss-reactive ketones (excluding diaryl/α,β-unsaturated/α-hetero) is 2. The number of ketones is 2. The van der Waals surface area contributed by atoms with Gasteiger partial charge in [-0.1, -0.05) is 28.1 Å². The lowest BCUT2D eigenvalue weighted by Crippen LogP contribution is -2.28. The van der Waals surface area contributed by atoms with Gasteiger partial charge in [0.05, 0.1) is 23.0 Å². The van der Waals surface area contributed by atoms with Crippen LogP contribution in [0.2, 0.25) is 0 Å². The van der Waals surface area contributed by atoms with Crippen molar-refractivity contribution in [1.82, 2.24) is 9.55 Å². The SMILES string of the molecule is O=C1CCC(C(=O)Cc2ncc(-c3ccc(Br)cc3)s2)n2cccc21. The summed E-state index contributed by atoms with van der Waals surface area (Å²) in [5.41, 5.74) is 1.73. The van der Waals surface area contributed by atoms with E-state index in [0.717, 1.165) is 19.9 Å². The second-order valence-corrected chi connectivity index (χ2v) is 8.08. The van der Waals surface area contributed by atoms with Gasteiger partial charge in [0.15, 0.2) is 11.6 Å². The van der Waals surface area contributed by atoms with E-state index in [2.05, 4.69) is 20.9 Å². The third-order valence-corrected chi connectivity index (χ3v) is 6.00. The molecule has 0 fully saturated rings. The molecular formula is C19H15BrN2O2S. The Labute approximate surface area is 157 Å². The highest BCUT2D eigenvalue weighted by Gasteiger charge is 2.29. The number of rotatable bonds is 4. The Morgan fingerprint density at radius 3 is 2.88 bits per heavy atom. The number of thiazole rings is 1. The zero-order valence-electron chi connectivity index (χ0n) is 13.3. The fourth-order valence-electron chi connectivity index (χ4n) is 3.16. The van der Waals surface area contributed by atoms with E-state index in [1.807, 2.05) is 47.3 Å². The van der Waals surface area contributed by atoms with Crippen LogP contribution in [0, 0.1) is 0 Å². The molecule has 0 amide bonds. The maximum Gasteiger partial charge on any atom is 0.179 e. The summed E-state index contributed by atoms with van der Waals surface area (Å²) >= 11 is 4.98. The minimum Gasteiger partial charge on any atom is -0.335 e. The number of benzene rings is 1. The van der Waals surface area contributed by atoms with Crippen molar-refractivity contribution in [2.75, 3.05) is 0 Å². The van der Waals surface area contributed by atoms with Crippen molar-refractivity contribution in [2.24, 2.45) is 0 Å². The van der Waals surface area contributed by atoms with E-state index in [1.165, 1.54) is 0 Å². The van der Waals surface area contributed by atoms with Crippen LogP contribution in [0.4, 0.5) is 0 Å². The molecule has 1 atom stereocenters. The summed E-state index contributed by atoms with van der Waals surface area (Å²) in [7, 11) is 0. The Bertz CT molecular complexity index is 943. The Kier molecular flexibility index (Phi) is 4.39. The topological polar surface area (TPSA) is 52.0 Å². The van der Waals surface area contributed by atoms with Gasteiger partial charge in [-0.15, -0.1) is 11.3 Å². The van der Waals surface area contributed by atoms with Gasteiger partial charge < -0.3 is 4.57 Å². The molecule has 6 heteroatoms. The first-order chi connectivity index (χ1) is 12.1. The number of carbonyl (C=O) groups excluding carboxylic acids is 2. The number of halogens is 1. The van der Waals surface area contributed by atoms with Crippen molar-refractivity contribution in [2.45, 2.75) is 25.3 Å². The minimum absolute atomic E-state index is 0.112. The molecule has 126 valence electrons. The molecule has 0 aliphatic carbocycles. The van der Waals surface area contributed by atoms with Crippen molar-refractivity contribution < 1.29 is 9.59 Å². The molecule has 4 rings (SSSR count). The maximum atomic E-state index is 12.8. The molecule has 0 saturated heterocycles. The molecule has 25 heavy (non-hydrogen) atoms. The van der Waals surface area contributed by atoms with Crippen molar-refractivity contribution >= 4 is 38.8 Å². The van der Waals surface area contributed by atoms with Gasteiger partial charge in [0.1, 0.15) is 5.01 Å². The number of hydrogen-bond donors (Lipinski definition) is 0. The van der Waals surface area contributed by atoms with E-state index >= 15 is 0 Å². The van der Waals surface area contributed by atoms with Gasteiger partial charge >= 0.3 is 0 Å². The predicted molar refractivity (Wildman–Crippen MR) is 101 cm³/mol. The molecule has 1 aliphatic rings. The van der Waals surface area contributed by atoms with Crippen molar-refractivity contribution in [3.63, 3.8) is 0 Å². The molecule has 3 heterocycles. The van der Waals surface area contributed by atoms with E-state index in [1.54, 1.807) is 17.4 Å². The van der Waals surface area contributed by atoms with E-state index in [4.69, 9.17) is 0 Å². The van der Waals surface area contributed by atoms with Crippen LogP contribution in [0.1, 0.15) is 34.4 Å². The van der Waals surface area contributed by atoms with Gasteiger partial charge in [-0.3, -0.25) is 9.59 Å². The molecule has 0 saturated carbocycles. The first-order valence-corrected chi connectivity index (χ1v) is 9.66. The van der Waals surface area contributed by atoms with Gasteiger partial charge in [-0.2, -0.15) is 0 Å². The predicted octanol–water partition coefficient (Wildman–Crippen LogP) is 4.70. The number of carbonyl (C=O) groups is 2. The molecule has 0 radical (unpaired) electrons. The summed E-state index contributed by atoms with van der Waals surface area (Å²) in [5.74, 6) is 0.225. The lowest BCUT2D eigenvalue weighted by molar-refractivity contribution is -0.121. The highest BCUT2D eigenvalue weighted by molar-refractivity contribution is 9.10. The summed E-state index contributed by atoms with van der Waals surface area (Å²) in [6, 6.07) is 11.4. The molecule has 3 aromatic rings. The summed E-state index contributed by atoms with van der Waals surface area (Å²) in [6.07, 6.45) is 4.95. The van der Waals surface area contributed by atoms with Crippen LogP contribution in [0.3, 0.4) is 0 Å². The summed E-state index contributed by atoms with van der Waals surface area (Å²) in [5, 5.41) is 0.813. The fraction of sp³-hybridized carbons (Fsp3) is 0.211. The smallest absolute Gasteiger partial charge is 0.179 e. The number of fused-ring (bicyclic) bond motifs is 1.